The summed E-state index contributed by atoms with van der Waals surface area (Å²) in [5, 5.41) is 3.36. The molecule has 0 saturated carbocycles. The Morgan fingerprint density at radius 2 is 1.65 bits per heavy atom. The van der Waals surface area contributed by atoms with Crippen molar-refractivity contribution < 1.29 is 19.0 Å². The zero-order valence-electron chi connectivity index (χ0n) is 13.2. The van der Waals surface area contributed by atoms with E-state index in [1.165, 1.54) is 14.2 Å². The number of hydrogen-bond donors (Lipinski definition) is 1. The van der Waals surface area contributed by atoms with Gasteiger partial charge in [-0.2, -0.15) is 0 Å². The summed E-state index contributed by atoms with van der Waals surface area (Å²) in [5.41, 5.74) is 1.20. The van der Waals surface area contributed by atoms with Crippen molar-refractivity contribution in [3.05, 3.63) is 47.0 Å². The third kappa shape index (κ3) is 4.07. The molecule has 0 spiro atoms. The lowest BCUT2D eigenvalue weighted by Crippen LogP contribution is -2.16. The van der Waals surface area contributed by atoms with Gasteiger partial charge in [-0.1, -0.05) is 29.8 Å². The predicted octanol–water partition coefficient (Wildman–Crippen LogP) is 3.55. The molecule has 1 N–H and O–H groups in total. The Bertz CT molecular complexity index is 678. The van der Waals surface area contributed by atoms with E-state index in [1.807, 2.05) is 18.2 Å². The van der Waals surface area contributed by atoms with Crippen LogP contribution in [0.2, 0.25) is 5.02 Å². The molecule has 0 aromatic heterocycles. The average molecular weight is 336 g/mol. The molecule has 0 fully saturated rings. The number of nitrogens with one attached hydrogen (secondary N) is 1. The van der Waals surface area contributed by atoms with Gasteiger partial charge in [0.1, 0.15) is 22.9 Å². The SMILES string of the molecule is COc1cc(OC)c(NC(=O)Cc2ccccc2Cl)c(OC)c1. The zero-order chi connectivity index (χ0) is 16.8. The van der Waals surface area contributed by atoms with Crippen LogP contribution in [0.5, 0.6) is 17.2 Å². The summed E-state index contributed by atoms with van der Waals surface area (Å²) in [6.45, 7) is 0. The number of carbonyl (C=O) groups excluding carboxylic acids is 1. The molecule has 2 aromatic rings. The van der Waals surface area contributed by atoms with E-state index < -0.39 is 0 Å². The molecule has 122 valence electrons. The van der Waals surface area contributed by atoms with E-state index in [4.69, 9.17) is 25.8 Å². The standard InChI is InChI=1S/C17H18ClNO4/c1-21-12-9-14(22-2)17(15(10-12)23-3)19-16(20)8-11-6-4-5-7-13(11)18/h4-7,9-10H,8H2,1-3H3,(H,19,20). The van der Waals surface area contributed by atoms with E-state index in [9.17, 15) is 4.79 Å². The van der Waals surface area contributed by atoms with Crippen molar-refractivity contribution in [3.63, 3.8) is 0 Å². The van der Waals surface area contributed by atoms with E-state index in [0.717, 1.165) is 5.56 Å². The first-order valence-corrected chi connectivity index (χ1v) is 7.30. The van der Waals surface area contributed by atoms with E-state index in [-0.39, 0.29) is 12.3 Å². The van der Waals surface area contributed by atoms with Gasteiger partial charge in [-0.15, -0.1) is 0 Å². The van der Waals surface area contributed by atoms with E-state index in [1.54, 1.807) is 25.3 Å². The largest absolute Gasteiger partial charge is 0.496 e. The highest BCUT2D eigenvalue weighted by atomic mass is 35.5. The highest BCUT2D eigenvalue weighted by Crippen LogP contribution is 2.39. The van der Waals surface area contributed by atoms with Crippen LogP contribution in [0.15, 0.2) is 36.4 Å². The number of methoxy groups -OCH3 is 3. The minimum absolute atomic E-state index is 0.151. The molecule has 2 rings (SSSR count). The van der Waals surface area contributed by atoms with Gasteiger partial charge in [0.15, 0.2) is 0 Å². The number of halogens is 1. The average Bonchev–Trinajstić information content (AvgIpc) is 2.57. The van der Waals surface area contributed by atoms with Gasteiger partial charge >= 0.3 is 0 Å². The fourth-order valence-corrected chi connectivity index (χ4v) is 2.33. The van der Waals surface area contributed by atoms with Gasteiger partial charge in [0.2, 0.25) is 5.91 Å². The van der Waals surface area contributed by atoms with Crippen LogP contribution in [0.3, 0.4) is 0 Å². The first-order valence-electron chi connectivity index (χ1n) is 6.92. The van der Waals surface area contributed by atoms with Crippen LogP contribution in [0.1, 0.15) is 5.56 Å². The van der Waals surface area contributed by atoms with Crippen LogP contribution in [-0.4, -0.2) is 27.2 Å². The lowest BCUT2D eigenvalue weighted by atomic mass is 10.1. The van der Waals surface area contributed by atoms with Crippen molar-refractivity contribution in [2.45, 2.75) is 6.42 Å². The second-order valence-electron chi connectivity index (χ2n) is 4.72. The molecule has 0 heterocycles. The first-order chi connectivity index (χ1) is 11.1. The molecule has 23 heavy (non-hydrogen) atoms. The Morgan fingerprint density at radius 1 is 1.04 bits per heavy atom. The number of benzene rings is 2. The third-order valence-electron chi connectivity index (χ3n) is 3.29. The van der Waals surface area contributed by atoms with Gasteiger partial charge in [0.05, 0.1) is 27.8 Å². The lowest BCUT2D eigenvalue weighted by Gasteiger charge is -2.16. The maximum Gasteiger partial charge on any atom is 0.229 e. The lowest BCUT2D eigenvalue weighted by molar-refractivity contribution is -0.115. The van der Waals surface area contributed by atoms with E-state index in [0.29, 0.717) is 28.0 Å². The quantitative estimate of drug-likeness (QED) is 0.877. The second kappa shape index (κ2) is 7.74. The van der Waals surface area contributed by atoms with Crippen LogP contribution in [-0.2, 0) is 11.2 Å². The van der Waals surface area contributed by atoms with Crippen molar-refractivity contribution >= 4 is 23.2 Å². The highest BCUT2D eigenvalue weighted by molar-refractivity contribution is 6.31. The molecule has 0 atom stereocenters. The van der Waals surface area contributed by atoms with Crippen molar-refractivity contribution in [1.29, 1.82) is 0 Å². The zero-order valence-corrected chi connectivity index (χ0v) is 13.9. The van der Waals surface area contributed by atoms with Crippen molar-refractivity contribution in [2.75, 3.05) is 26.6 Å². The molecule has 1 amide bonds. The topological polar surface area (TPSA) is 56.8 Å². The van der Waals surface area contributed by atoms with Gasteiger partial charge in [-0.25, -0.2) is 0 Å². The van der Waals surface area contributed by atoms with Crippen LogP contribution in [0, 0.1) is 0 Å². The van der Waals surface area contributed by atoms with Gasteiger partial charge in [0.25, 0.3) is 0 Å². The molecule has 0 radical (unpaired) electrons. The molecule has 0 aliphatic rings. The number of hydrogen-bond acceptors (Lipinski definition) is 4. The fraction of sp³-hybridized carbons (Fsp3) is 0.235. The molecule has 0 aliphatic carbocycles. The molecule has 5 nitrogen and oxygen atoms in total. The predicted molar refractivity (Wildman–Crippen MR) is 89.9 cm³/mol. The maximum atomic E-state index is 12.3. The van der Waals surface area contributed by atoms with Crippen LogP contribution < -0.4 is 19.5 Å². The fourth-order valence-electron chi connectivity index (χ4n) is 2.13. The maximum absolute atomic E-state index is 12.3. The van der Waals surface area contributed by atoms with E-state index >= 15 is 0 Å². The van der Waals surface area contributed by atoms with E-state index in [2.05, 4.69) is 5.32 Å². The summed E-state index contributed by atoms with van der Waals surface area (Å²) in [4.78, 5) is 12.3. The Labute approximate surface area is 140 Å². The molecule has 0 saturated heterocycles. The number of ether oxygens (including phenoxy) is 3. The second-order valence-corrected chi connectivity index (χ2v) is 5.13. The Balaban J connectivity index is 2.25. The van der Waals surface area contributed by atoms with Gasteiger partial charge in [-0.05, 0) is 11.6 Å². The van der Waals surface area contributed by atoms with Crippen molar-refractivity contribution in [3.8, 4) is 17.2 Å². The highest BCUT2D eigenvalue weighted by Gasteiger charge is 2.16. The number of amides is 1. The minimum atomic E-state index is -0.222. The summed E-state index contributed by atoms with van der Waals surface area (Å²) < 4.78 is 15.8. The van der Waals surface area contributed by atoms with Gasteiger partial charge in [0, 0.05) is 17.2 Å². The summed E-state index contributed by atoms with van der Waals surface area (Å²) >= 11 is 6.08. The van der Waals surface area contributed by atoms with Crippen LogP contribution >= 0.6 is 11.6 Å². The summed E-state index contributed by atoms with van der Waals surface area (Å²) in [5.74, 6) is 1.25. The Morgan fingerprint density at radius 3 is 2.17 bits per heavy atom. The molecule has 2 aromatic carbocycles. The minimum Gasteiger partial charge on any atom is -0.496 e. The normalized spacial score (nSPS) is 10.1. The summed E-state index contributed by atoms with van der Waals surface area (Å²) in [6.07, 6.45) is 0.151. The monoisotopic (exact) mass is 335 g/mol. The molecular weight excluding hydrogens is 318 g/mol. The molecule has 0 bridgehead atoms. The summed E-state index contributed by atoms with van der Waals surface area (Å²) in [7, 11) is 4.57. The van der Waals surface area contributed by atoms with Crippen molar-refractivity contribution in [1.82, 2.24) is 0 Å². The molecular formula is C17H18ClNO4. The molecule has 6 heteroatoms. The van der Waals surface area contributed by atoms with Crippen molar-refractivity contribution in [2.24, 2.45) is 0 Å². The Kier molecular flexibility index (Phi) is 5.71. The molecule has 0 aliphatic heterocycles. The molecule has 0 unspecified atom stereocenters. The smallest absolute Gasteiger partial charge is 0.229 e. The number of carbonyl (C=O) groups is 1. The first kappa shape index (κ1) is 17.0. The number of rotatable bonds is 6. The van der Waals surface area contributed by atoms with Gasteiger partial charge in [-0.3, -0.25) is 4.79 Å². The third-order valence-corrected chi connectivity index (χ3v) is 3.66. The van der Waals surface area contributed by atoms with Crippen LogP contribution in [0.25, 0.3) is 0 Å². The summed E-state index contributed by atoms with van der Waals surface area (Å²) in [6, 6.07) is 10.6. The van der Waals surface area contributed by atoms with Gasteiger partial charge < -0.3 is 19.5 Å². The number of anilines is 1. The van der Waals surface area contributed by atoms with Crippen LogP contribution in [0.4, 0.5) is 5.69 Å². The Hall–Kier alpha value is -2.40.